The molecule has 0 aromatic rings. The van der Waals surface area contributed by atoms with E-state index < -0.39 is 18.3 Å². The number of aliphatic hydroxyl groups is 3. The normalized spacial score (nSPS) is 31.6. The zero-order chi connectivity index (χ0) is 15.0. The molecule has 1 amide bonds. The molecule has 0 aromatic carbocycles. The van der Waals surface area contributed by atoms with Crippen molar-refractivity contribution in [2.24, 2.45) is 0 Å². The van der Waals surface area contributed by atoms with Gasteiger partial charge in [0.1, 0.15) is 18.3 Å². The Morgan fingerprint density at radius 3 is 2.65 bits per heavy atom. The molecule has 0 radical (unpaired) electrons. The number of amides is 1. The average molecular weight is 290 g/mol. The highest BCUT2D eigenvalue weighted by atomic mass is 16.5. The van der Waals surface area contributed by atoms with Crippen molar-refractivity contribution in [3.63, 3.8) is 0 Å². The monoisotopic (exact) mass is 290 g/mol. The first-order valence-corrected chi connectivity index (χ1v) is 7.10. The molecule has 1 saturated heterocycles. The van der Waals surface area contributed by atoms with Crippen molar-refractivity contribution in [2.75, 3.05) is 39.4 Å². The quantitative estimate of drug-likeness (QED) is 0.425. The smallest absolute Gasteiger partial charge is 0.219 e. The van der Waals surface area contributed by atoms with Gasteiger partial charge in [-0.15, -0.1) is 0 Å². The van der Waals surface area contributed by atoms with Crippen LogP contribution in [0.2, 0.25) is 0 Å². The topological polar surface area (TPSA) is 102 Å². The van der Waals surface area contributed by atoms with Gasteiger partial charge in [0.15, 0.2) is 0 Å². The van der Waals surface area contributed by atoms with Gasteiger partial charge in [0.25, 0.3) is 0 Å². The van der Waals surface area contributed by atoms with Gasteiger partial charge in [0.2, 0.25) is 5.91 Å². The summed E-state index contributed by atoms with van der Waals surface area (Å²) in [5.74, 6) is -0.170. The summed E-state index contributed by atoms with van der Waals surface area (Å²) in [6.45, 7) is 3.84. The lowest BCUT2D eigenvalue weighted by Gasteiger charge is -2.29. The van der Waals surface area contributed by atoms with Crippen LogP contribution in [0.4, 0.5) is 0 Å². The largest absolute Gasteiger partial charge is 0.388 e. The van der Waals surface area contributed by atoms with Crippen molar-refractivity contribution in [1.29, 1.82) is 0 Å². The molecule has 7 nitrogen and oxygen atoms in total. The molecule has 0 aromatic heterocycles. The van der Waals surface area contributed by atoms with Gasteiger partial charge in [0, 0.05) is 33.2 Å². The second kappa shape index (κ2) is 9.25. The summed E-state index contributed by atoms with van der Waals surface area (Å²) in [6, 6.07) is 0. The Hall–Kier alpha value is -0.730. The Balaban J connectivity index is 2.60. The maximum absolute atomic E-state index is 11.5. The first kappa shape index (κ1) is 17.3. The van der Waals surface area contributed by atoms with Gasteiger partial charge in [0.05, 0.1) is 6.61 Å². The highest BCUT2D eigenvalue weighted by molar-refractivity contribution is 5.73. The summed E-state index contributed by atoms with van der Waals surface area (Å²) in [4.78, 5) is 12.9. The third kappa shape index (κ3) is 6.15. The van der Waals surface area contributed by atoms with E-state index >= 15 is 0 Å². The first-order valence-electron chi connectivity index (χ1n) is 7.10. The molecular weight excluding hydrogens is 264 g/mol. The number of ether oxygens (including phenoxy) is 1. The first-order chi connectivity index (χ1) is 9.52. The van der Waals surface area contributed by atoms with Crippen LogP contribution in [0.5, 0.6) is 0 Å². The predicted molar refractivity (Wildman–Crippen MR) is 73.2 cm³/mol. The lowest BCUT2D eigenvalue weighted by molar-refractivity contribution is -0.134. The number of carbonyl (C=O) groups excluding carboxylic acids is 1. The standard InChI is InChI=1S/C13H26N2O5/c1-10(16)15-6-5-14-4-2-3-7-20-9-12(18)13(19)11(17)8-15/h11-14,17-19H,2-9H2,1H3/t11-,12+,13+/m0/s1. The van der Waals surface area contributed by atoms with E-state index in [9.17, 15) is 20.1 Å². The van der Waals surface area contributed by atoms with E-state index in [2.05, 4.69) is 5.32 Å². The lowest BCUT2D eigenvalue weighted by Crippen LogP contribution is -2.48. The minimum Gasteiger partial charge on any atom is -0.388 e. The predicted octanol–water partition coefficient (Wildman–Crippen LogP) is -1.68. The molecule has 3 atom stereocenters. The molecule has 4 N–H and O–H groups in total. The van der Waals surface area contributed by atoms with Crippen LogP contribution < -0.4 is 5.32 Å². The van der Waals surface area contributed by atoms with E-state index in [0.717, 1.165) is 19.4 Å². The minimum atomic E-state index is -1.33. The van der Waals surface area contributed by atoms with E-state index in [4.69, 9.17) is 4.74 Å². The highest BCUT2D eigenvalue weighted by Crippen LogP contribution is 2.05. The fourth-order valence-corrected chi connectivity index (χ4v) is 2.06. The number of nitrogens with zero attached hydrogens (tertiary/aromatic N) is 1. The van der Waals surface area contributed by atoms with E-state index in [1.807, 2.05) is 0 Å². The van der Waals surface area contributed by atoms with Gasteiger partial charge >= 0.3 is 0 Å². The second-order valence-corrected chi connectivity index (χ2v) is 5.12. The summed E-state index contributed by atoms with van der Waals surface area (Å²) < 4.78 is 5.25. The fraction of sp³-hybridized carbons (Fsp3) is 0.923. The summed E-state index contributed by atoms with van der Waals surface area (Å²) in [5.41, 5.74) is 0. The summed E-state index contributed by atoms with van der Waals surface area (Å²) >= 11 is 0. The van der Waals surface area contributed by atoms with Crippen LogP contribution in [-0.2, 0) is 9.53 Å². The number of hydrogen-bond acceptors (Lipinski definition) is 6. The molecule has 0 spiro atoms. The lowest BCUT2D eigenvalue weighted by atomic mass is 10.1. The van der Waals surface area contributed by atoms with Gasteiger partial charge in [-0.05, 0) is 19.4 Å². The number of β-amino-alcohol motifs (C(OH)–C–C–N with tert-alkyl or cyclic N) is 1. The third-order valence-electron chi connectivity index (χ3n) is 3.38. The van der Waals surface area contributed by atoms with Crippen molar-refractivity contribution in [1.82, 2.24) is 10.2 Å². The summed E-state index contributed by atoms with van der Waals surface area (Å²) in [6.07, 6.45) is -1.87. The average Bonchev–Trinajstić information content (AvgIpc) is 2.41. The Kier molecular flexibility index (Phi) is 8.01. The molecule has 0 aliphatic carbocycles. The van der Waals surface area contributed by atoms with Gasteiger partial charge in [-0.25, -0.2) is 0 Å². The van der Waals surface area contributed by atoms with Crippen LogP contribution in [0.3, 0.4) is 0 Å². The molecule has 0 saturated carbocycles. The molecule has 20 heavy (non-hydrogen) atoms. The molecule has 7 heteroatoms. The minimum absolute atomic E-state index is 0.00472. The van der Waals surface area contributed by atoms with Crippen molar-refractivity contribution >= 4 is 5.91 Å². The molecule has 0 bridgehead atoms. The van der Waals surface area contributed by atoms with Gasteiger partial charge in [-0.1, -0.05) is 0 Å². The summed E-state index contributed by atoms with van der Waals surface area (Å²) in [7, 11) is 0. The maximum atomic E-state index is 11.5. The number of hydrogen-bond donors (Lipinski definition) is 4. The summed E-state index contributed by atoms with van der Waals surface area (Å²) in [5, 5.41) is 32.7. The SMILES string of the molecule is CC(=O)N1CCNCCCCOC[C@@H](O)[C@H](O)[C@@H](O)C1. The Bertz CT molecular complexity index is 290. The van der Waals surface area contributed by atoms with E-state index in [1.165, 1.54) is 11.8 Å². The van der Waals surface area contributed by atoms with E-state index in [1.54, 1.807) is 0 Å². The van der Waals surface area contributed by atoms with Gasteiger partial charge in [-0.2, -0.15) is 0 Å². The zero-order valence-electron chi connectivity index (χ0n) is 12.0. The maximum Gasteiger partial charge on any atom is 0.219 e. The van der Waals surface area contributed by atoms with E-state index in [-0.39, 0.29) is 19.1 Å². The van der Waals surface area contributed by atoms with Crippen molar-refractivity contribution in [2.45, 2.75) is 38.1 Å². The number of nitrogens with one attached hydrogen (secondary N) is 1. The zero-order valence-corrected chi connectivity index (χ0v) is 12.0. The molecular formula is C13H26N2O5. The van der Waals surface area contributed by atoms with Crippen molar-refractivity contribution in [3.05, 3.63) is 0 Å². The van der Waals surface area contributed by atoms with Gasteiger partial charge in [-0.3, -0.25) is 4.79 Å². The number of aliphatic hydroxyl groups excluding tert-OH is 3. The molecule has 1 heterocycles. The molecule has 1 aliphatic rings. The fourth-order valence-electron chi connectivity index (χ4n) is 2.06. The van der Waals surface area contributed by atoms with Crippen LogP contribution >= 0.6 is 0 Å². The molecule has 118 valence electrons. The van der Waals surface area contributed by atoms with E-state index in [0.29, 0.717) is 19.7 Å². The molecule has 1 rings (SSSR count). The van der Waals surface area contributed by atoms with Crippen molar-refractivity contribution < 1.29 is 24.9 Å². The van der Waals surface area contributed by atoms with Crippen LogP contribution in [0.1, 0.15) is 19.8 Å². The molecule has 0 unspecified atom stereocenters. The Morgan fingerprint density at radius 2 is 1.95 bits per heavy atom. The Morgan fingerprint density at radius 1 is 1.20 bits per heavy atom. The number of carbonyl (C=O) groups is 1. The number of rotatable bonds is 0. The third-order valence-corrected chi connectivity index (χ3v) is 3.38. The van der Waals surface area contributed by atoms with Crippen molar-refractivity contribution in [3.8, 4) is 0 Å². The molecule has 1 aliphatic heterocycles. The van der Waals surface area contributed by atoms with Crippen LogP contribution in [0.15, 0.2) is 0 Å². The highest BCUT2D eigenvalue weighted by Gasteiger charge is 2.27. The van der Waals surface area contributed by atoms with Crippen LogP contribution in [0, 0.1) is 0 Å². The molecule has 1 fully saturated rings. The van der Waals surface area contributed by atoms with Crippen LogP contribution in [-0.4, -0.2) is 83.8 Å². The Labute approximate surface area is 119 Å². The van der Waals surface area contributed by atoms with Crippen LogP contribution in [0.25, 0.3) is 0 Å². The van der Waals surface area contributed by atoms with Gasteiger partial charge < -0.3 is 30.3 Å². The second-order valence-electron chi connectivity index (χ2n) is 5.12.